The maximum Gasteiger partial charge on any atom is 0.420 e. The van der Waals surface area contributed by atoms with Gasteiger partial charge in [0.2, 0.25) is 5.95 Å². The fraction of sp³-hybridized carbons (Fsp3) is 0.440. The highest BCUT2D eigenvalue weighted by atomic mass is 32.2. The summed E-state index contributed by atoms with van der Waals surface area (Å²) >= 11 is 0.944. The van der Waals surface area contributed by atoms with Gasteiger partial charge in [0, 0.05) is 42.1 Å². The molecule has 0 saturated carbocycles. The first kappa shape index (κ1) is 26.9. The lowest BCUT2D eigenvalue weighted by molar-refractivity contribution is -0.137. The van der Waals surface area contributed by atoms with Crippen molar-refractivity contribution in [3.8, 4) is 10.6 Å². The number of halogens is 3. The summed E-state index contributed by atoms with van der Waals surface area (Å²) in [5.74, 6) is -0.222. The Morgan fingerprint density at radius 2 is 2.05 bits per heavy atom. The molecule has 3 aromatic rings. The molecule has 0 amide bonds. The van der Waals surface area contributed by atoms with Crippen molar-refractivity contribution < 1.29 is 26.3 Å². The van der Waals surface area contributed by atoms with E-state index >= 15 is 0 Å². The number of nitrogens with one attached hydrogen (secondary N) is 2. The van der Waals surface area contributed by atoms with Gasteiger partial charge in [0.25, 0.3) is 0 Å². The van der Waals surface area contributed by atoms with Crippen molar-refractivity contribution in [3.05, 3.63) is 46.5 Å². The second kappa shape index (κ2) is 10.8. The van der Waals surface area contributed by atoms with Crippen molar-refractivity contribution in [1.82, 2.24) is 15.3 Å². The summed E-state index contributed by atoms with van der Waals surface area (Å²) < 4.78 is 72.3. The highest BCUT2D eigenvalue weighted by Gasteiger charge is 2.37. The van der Waals surface area contributed by atoms with Gasteiger partial charge in [-0.25, -0.2) is 18.4 Å². The first-order valence-corrected chi connectivity index (χ1v) is 14.9. The molecule has 1 fully saturated rings. The van der Waals surface area contributed by atoms with Gasteiger partial charge >= 0.3 is 6.18 Å². The Balaban J connectivity index is 1.50. The van der Waals surface area contributed by atoms with Crippen LogP contribution in [0.3, 0.4) is 0 Å². The van der Waals surface area contributed by atoms with Crippen LogP contribution in [0.1, 0.15) is 29.3 Å². The second-order valence-corrected chi connectivity index (χ2v) is 12.3. The van der Waals surface area contributed by atoms with E-state index in [2.05, 4.69) is 31.6 Å². The van der Waals surface area contributed by atoms with Crippen molar-refractivity contribution >= 4 is 38.5 Å². The van der Waals surface area contributed by atoms with Gasteiger partial charge in [-0.1, -0.05) is 6.92 Å². The van der Waals surface area contributed by atoms with Crippen molar-refractivity contribution in [3.63, 3.8) is 0 Å². The van der Waals surface area contributed by atoms with Crippen LogP contribution in [0.15, 0.2) is 35.4 Å². The number of rotatable bonds is 5. The van der Waals surface area contributed by atoms with E-state index in [9.17, 15) is 21.6 Å². The number of hydrogen-bond donors (Lipinski definition) is 2. The average Bonchev–Trinajstić information content (AvgIpc) is 3.04. The zero-order valence-electron chi connectivity index (χ0n) is 20.8. The third kappa shape index (κ3) is 5.65. The van der Waals surface area contributed by atoms with E-state index in [0.29, 0.717) is 17.0 Å². The number of anilines is 3. The van der Waals surface area contributed by atoms with Crippen LogP contribution < -0.4 is 15.5 Å². The van der Waals surface area contributed by atoms with E-state index in [4.69, 9.17) is 4.74 Å². The Morgan fingerprint density at radius 1 is 1.21 bits per heavy atom. The second-order valence-electron chi connectivity index (χ2n) is 9.13. The summed E-state index contributed by atoms with van der Waals surface area (Å²) in [6.45, 7) is 5.80. The SMILES string of the molecule is CCc1cc(N2CCCNCC2)ccc1Nc1ncc(C(F)(F)F)c(-c2cc3c(s2)COCCS3(=O)=O)n1. The number of hydrogen-bond acceptors (Lipinski definition) is 9. The fourth-order valence-corrected chi connectivity index (χ4v) is 7.43. The van der Waals surface area contributed by atoms with Crippen LogP contribution in [-0.2, 0) is 33.8 Å². The van der Waals surface area contributed by atoms with Crippen LogP contribution in [0.25, 0.3) is 10.6 Å². The molecule has 2 aliphatic heterocycles. The number of fused-ring (bicyclic) bond motifs is 1. The topological polar surface area (TPSA) is 96.5 Å². The van der Waals surface area contributed by atoms with Gasteiger partial charge in [-0.2, -0.15) is 13.2 Å². The minimum atomic E-state index is -4.72. The molecule has 0 unspecified atom stereocenters. The van der Waals surface area contributed by atoms with Gasteiger partial charge in [-0.3, -0.25) is 0 Å². The Bertz CT molecular complexity index is 1420. The summed E-state index contributed by atoms with van der Waals surface area (Å²) in [5, 5.41) is 6.47. The van der Waals surface area contributed by atoms with Crippen LogP contribution in [0.2, 0.25) is 0 Å². The van der Waals surface area contributed by atoms with Crippen molar-refractivity contribution in [2.24, 2.45) is 0 Å². The molecule has 0 bridgehead atoms. The zero-order chi connectivity index (χ0) is 26.9. The van der Waals surface area contributed by atoms with E-state index in [1.807, 2.05) is 19.1 Å². The lowest BCUT2D eigenvalue weighted by atomic mass is 10.1. The number of ether oxygens (including phenoxy) is 1. The van der Waals surface area contributed by atoms with E-state index in [0.717, 1.165) is 61.4 Å². The Morgan fingerprint density at radius 3 is 2.84 bits per heavy atom. The van der Waals surface area contributed by atoms with Gasteiger partial charge in [-0.05, 0) is 49.2 Å². The van der Waals surface area contributed by atoms with E-state index in [1.54, 1.807) is 0 Å². The number of aromatic nitrogens is 2. The molecule has 2 aliphatic rings. The van der Waals surface area contributed by atoms with E-state index < -0.39 is 21.6 Å². The molecular formula is C25H28F3N5O3S2. The molecule has 1 saturated heterocycles. The van der Waals surface area contributed by atoms with Crippen molar-refractivity contribution in [2.45, 2.75) is 37.4 Å². The quantitative estimate of drug-likeness (QED) is 0.461. The summed E-state index contributed by atoms with van der Waals surface area (Å²) in [7, 11) is -3.66. The molecule has 2 aromatic heterocycles. The first-order valence-electron chi connectivity index (χ1n) is 12.4. The summed E-state index contributed by atoms with van der Waals surface area (Å²) in [4.78, 5) is 11.0. The first-order chi connectivity index (χ1) is 18.2. The number of benzene rings is 1. The summed E-state index contributed by atoms with van der Waals surface area (Å²) in [6, 6.07) is 7.23. The van der Waals surface area contributed by atoms with Gasteiger partial charge < -0.3 is 20.3 Å². The highest BCUT2D eigenvalue weighted by Crippen LogP contribution is 2.42. The monoisotopic (exact) mass is 567 g/mol. The summed E-state index contributed by atoms with van der Waals surface area (Å²) in [6.07, 6.45) is -2.23. The molecule has 0 aliphatic carbocycles. The molecule has 8 nitrogen and oxygen atoms in total. The number of sulfone groups is 1. The molecule has 204 valence electrons. The number of thiophene rings is 1. The van der Waals surface area contributed by atoms with E-state index in [1.165, 1.54) is 6.07 Å². The lowest BCUT2D eigenvalue weighted by Gasteiger charge is -2.24. The molecule has 13 heteroatoms. The van der Waals surface area contributed by atoms with Crippen molar-refractivity contribution in [2.75, 3.05) is 48.8 Å². The van der Waals surface area contributed by atoms with Crippen LogP contribution >= 0.6 is 11.3 Å². The number of nitrogens with zero attached hydrogens (tertiary/aromatic N) is 3. The zero-order valence-corrected chi connectivity index (χ0v) is 22.4. The summed E-state index contributed by atoms with van der Waals surface area (Å²) in [5.41, 5.74) is 1.38. The largest absolute Gasteiger partial charge is 0.420 e. The standard InChI is InChI=1S/C25H28F3N5O3S2/c1-2-16-12-17(33-8-3-6-29-7-9-33)4-5-19(16)31-24-30-14-18(25(26,27)28)23(32-24)20-13-22-21(37-20)15-36-10-11-38(22,34)35/h4-5,12-14,29H,2-3,6-11,15H2,1H3,(H,30,31,32). The fourth-order valence-electron chi connectivity index (χ4n) is 4.59. The molecule has 0 spiro atoms. The molecule has 5 rings (SSSR count). The highest BCUT2D eigenvalue weighted by molar-refractivity contribution is 7.91. The normalized spacial score (nSPS) is 17.9. The van der Waals surface area contributed by atoms with Gasteiger partial charge in [0.1, 0.15) is 5.56 Å². The lowest BCUT2D eigenvalue weighted by Crippen LogP contribution is -2.27. The molecule has 4 heterocycles. The predicted octanol–water partition coefficient (Wildman–Crippen LogP) is 4.63. The van der Waals surface area contributed by atoms with Crippen LogP contribution in [-0.4, -0.2) is 56.9 Å². The molecule has 0 atom stereocenters. The van der Waals surface area contributed by atoms with Gasteiger partial charge in [0.05, 0.1) is 34.4 Å². The van der Waals surface area contributed by atoms with Gasteiger partial charge in [-0.15, -0.1) is 11.3 Å². The van der Waals surface area contributed by atoms with Gasteiger partial charge in [0.15, 0.2) is 9.84 Å². The van der Waals surface area contributed by atoms with Crippen LogP contribution in [0.4, 0.5) is 30.5 Å². The number of alkyl halides is 3. The molecule has 0 radical (unpaired) electrons. The maximum atomic E-state index is 13.9. The average molecular weight is 568 g/mol. The Hall–Kier alpha value is -2.74. The Kier molecular flexibility index (Phi) is 7.63. The maximum absolute atomic E-state index is 13.9. The van der Waals surface area contributed by atoms with Crippen molar-refractivity contribution in [1.29, 1.82) is 0 Å². The smallest absolute Gasteiger partial charge is 0.375 e. The third-order valence-corrected chi connectivity index (χ3v) is 9.57. The predicted molar refractivity (Wildman–Crippen MR) is 141 cm³/mol. The molecule has 38 heavy (non-hydrogen) atoms. The van der Waals surface area contributed by atoms with Crippen LogP contribution in [0.5, 0.6) is 0 Å². The van der Waals surface area contributed by atoms with E-state index in [-0.39, 0.29) is 40.4 Å². The number of aryl methyl sites for hydroxylation is 1. The minimum Gasteiger partial charge on any atom is -0.375 e. The van der Waals surface area contributed by atoms with Crippen LogP contribution in [0, 0.1) is 0 Å². The molecular weight excluding hydrogens is 539 g/mol. The third-order valence-electron chi connectivity index (χ3n) is 6.58. The molecule has 1 aromatic carbocycles. The molecule has 2 N–H and O–H groups in total. The minimum absolute atomic E-state index is 0.00266. The Labute approximate surface area is 223 Å².